The van der Waals surface area contributed by atoms with Crippen LogP contribution in [-0.4, -0.2) is 49.1 Å². The summed E-state index contributed by atoms with van der Waals surface area (Å²) in [5.74, 6) is -0.664. The molecule has 3 rings (SSSR count). The number of anilines is 2. The molecule has 2 heterocycles. The van der Waals surface area contributed by atoms with Gasteiger partial charge in [0.15, 0.2) is 6.04 Å². The normalized spacial score (nSPS) is 24.7. The van der Waals surface area contributed by atoms with Crippen LogP contribution in [0.5, 0.6) is 0 Å². The van der Waals surface area contributed by atoms with Gasteiger partial charge in [-0.25, -0.2) is 0 Å². The first-order valence-electron chi connectivity index (χ1n) is 10.0. The number of benzene rings is 1. The minimum Gasteiger partial charge on any atom is -0.466 e. The van der Waals surface area contributed by atoms with Crippen molar-refractivity contribution in [3.8, 4) is 0 Å². The number of ether oxygens (including phenoxy) is 1. The number of rotatable bonds is 4. The molecule has 1 unspecified atom stereocenters. The van der Waals surface area contributed by atoms with Crippen molar-refractivity contribution in [3.63, 3.8) is 0 Å². The van der Waals surface area contributed by atoms with Gasteiger partial charge in [-0.2, -0.15) is 0 Å². The molecule has 2 N–H and O–H groups in total. The quantitative estimate of drug-likeness (QED) is 0.754. The Morgan fingerprint density at radius 1 is 1.36 bits per heavy atom. The number of hydrogen-bond acceptors (Lipinski definition) is 4. The zero-order chi connectivity index (χ0) is 20.5. The molecule has 3 atom stereocenters. The molecule has 2 aliphatic rings. The Labute approximate surface area is 166 Å². The summed E-state index contributed by atoms with van der Waals surface area (Å²) in [7, 11) is 0. The zero-order valence-electron chi connectivity index (χ0n) is 17.1. The Balaban J connectivity index is 1.84. The molecule has 1 aromatic rings. The van der Waals surface area contributed by atoms with E-state index in [1.54, 1.807) is 31.7 Å². The molecule has 0 radical (unpaired) electrons. The predicted molar refractivity (Wildman–Crippen MR) is 106 cm³/mol. The van der Waals surface area contributed by atoms with Gasteiger partial charge in [0.1, 0.15) is 11.5 Å². The van der Waals surface area contributed by atoms with E-state index in [4.69, 9.17) is 4.74 Å². The fraction of sp³-hybridized carbons (Fsp3) is 0.571. The molecular weight excluding hydrogens is 358 g/mol. The van der Waals surface area contributed by atoms with E-state index >= 15 is 0 Å². The molecule has 1 saturated heterocycles. The van der Waals surface area contributed by atoms with E-state index in [2.05, 4.69) is 5.32 Å². The average Bonchev–Trinajstić information content (AvgIpc) is 2.68. The molecule has 2 amide bonds. The number of nitrogens with zero attached hydrogens (tertiary/aromatic N) is 1. The number of para-hydroxylation sites is 2. The lowest BCUT2D eigenvalue weighted by molar-refractivity contribution is -0.921. The molecule has 28 heavy (non-hydrogen) atoms. The SMILES string of the molecule is CCOC(=O)[C@@H]1CCC[NH+]([C@@H](C)C(=O)N2c3ccccc3NC(=O)C2(C)C)C1. The molecule has 7 heteroatoms. The highest BCUT2D eigenvalue weighted by molar-refractivity contribution is 6.14. The number of nitrogens with one attached hydrogen (secondary N) is 2. The first kappa shape index (κ1) is 20.3. The summed E-state index contributed by atoms with van der Waals surface area (Å²) >= 11 is 0. The highest BCUT2D eigenvalue weighted by Gasteiger charge is 2.47. The standard InChI is InChI=1S/C21H29N3O4/c1-5-28-19(26)15-9-8-12-23(13-15)14(2)18(25)24-17-11-7-6-10-16(17)22-20(27)21(24,3)4/h6-7,10-11,14-15H,5,8-9,12-13H2,1-4H3,(H,22,27)/p+1/t14-,15+/m0/s1. The minimum atomic E-state index is -0.991. The van der Waals surface area contributed by atoms with E-state index in [9.17, 15) is 14.4 Å². The lowest BCUT2D eigenvalue weighted by Crippen LogP contribution is -3.18. The van der Waals surface area contributed by atoms with Crippen molar-refractivity contribution < 1.29 is 24.0 Å². The number of carbonyl (C=O) groups is 3. The summed E-state index contributed by atoms with van der Waals surface area (Å²) < 4.78 is 5.18. The van der Waals surface area contributed by atoms with Crippen LogP contribution in [0.15, 0.2) is 24.3 Å². The first-order chi connectivity index (χ1) is 13.3. The molecular formula is C21H30N3O4+. The number of fused-ring (bicyclic) bond motifs is 1. The molecule has 152 valence electrons. The molecule has 1 fully saturated rings. The molecule has 0 saturated carbocycles. The van der Waals surface area contributed by atoms with Crippen molar-refractivity contribution in [1.29, 1.82) is 0 Å². The second-order valence-corrected chi connectivity index (χ2v) is 8.13. The van der Waals surface area contributed by atoms with Crippen molar-refractivity contribution >= 4 is 29.2 Å². The molecule has 0 bridgehead atoms. The van der Waals surface area contributed by atoms with Crippen molar-refractivity contribution in [3.05, 3.63) is 24.3 Å². The number of esters is 1. The lowest BCUT2D eigenvalue weighted by atomic mass is 9.93. The smallest absolute Gasteiger partial charge is 0.314 e. The number of piperidine rings is 1. The Hall–Kier alpha value is -2.41. The van der Waals surface area contributed by atoms with Crippen LogP contribution in [0.3, 0.4) is 0 Å². The summed E-state index contributed by atoms with van der Waals surface area (Å²) in [5.41, 5.74) is 0.364. The third kappa shape index (κ3) is 3.63. The summed E-state index contributed by atoms with van der Waals surface area (Å²) in [5, 5.41) is 2.89. The monoisotopic (exact) mass is 388 g/mol. The van der Waals surface area contributed by atoms with E-state index in [-0.39, 0.29) is 29.7 Å². The van der Waals surface area contributed by atoms with E-state index in [0.29, 0.717) is 24.5 Å². The van der Waals surface area contributed by atoms with E-state index in [1.165, 1.54) is 0 Å². The lowest BCUT2D eigenvalue weighted by Gasteiger charge is -2.44. The largest absolute Gasteiger partial charge is 0.466 e. The highest BCUT2D eigenvalue weighted by atomic mass is 16.5. The van der Waals surface area contributed by atoms with Crippen LogP contribution >= 0.6 is 0 Å². The predicted octanol–water partition coefficient (Wildman–Crippen LogP) is 0.997. The van der Waals surface area contributed by atoms with Crippen molar-refractivity contribution in [1.82, 2.24) is 0 Å². The zero-order valence-corrected chi connectivity index (χ0v) is 17.1. The first-order valence-corrected chi connectivity index (χ1v) is 10.0. The van der Waals surface area contributed by atoms with Crippen LogP contribution in [0.1, 0.15) is 40.5 Å². The van der Waals surface area contributed by atoms with Crippen molar-refractivity contribution in [2.75, 3.05) is 29.9 Å². The van der Waals surface area contributed by atoms with Gasteiger partial charge < -0.3 is 15.0 Å². The summed E-state index contributed by atoms with van der Waals surface area (Å²) in [4.78, 5) is 41.0. The van der Waals surface area contributed by atoms with Crippen LogP contribution in [0.2, 0.25) is 0 Å². The summed E-state index contributed by atoms with van der Waals surface area (Å²) in [6, 6.07) is 6.99. The van der Waals surface area contributed by atoms with Crippen LogP contribution < -0.4 is 15.1 Å². The van der Waals surface area contributed by atoms with Crippen LogP contribution in [-0.2, 0) is 19.1 Å². The molecule has 0 spiro atoms. The maximum atomic E-state index is 13.5. The minimum absolute atomic E-state index is 0.105. The Bertz CT molecular complexity index is 777. The highest BCUT2D eigenvalue weighted by Crippen LogP contribution is 2.36. The Morgan fingerprint density at radius 3 is 2.79 bits per heavy atom. The number of quaternary nitrogens is 1. The van der Waals surface area contributed by atoms with E-state index in [0.717, 1.165) is 24.3 Å². The third-order valence-corrected chi connectivity index (χ3v) is 5.89. The summed E-state index contributed by atoms with van der Waals surface area (Å²) in [6.07, 6.45) is 1.67. The van der Waals surface area contributed by atoms with Gasteiger partial charge in [-0.15, -0.1) is 0 Å². The Kier molecular flexibility index (Phi) is 5.74. The maximum absolute atomic E-state index is 13.5. The molecule has 0 aliphatic carbocycles. The second kappa shape index (κ2) is 7.91. The fourth-order valence-electron chi connectivity index (χ4n) is 4.17. The molecule has 1 aromatic carbocycles. The molecule has 7 nitrogen and oxygen atoms in total. The van der Waals surface area contributed by atoms with Crippen LogP contribution in [0.4, 0.5) is 11.4 Å². The Morgan fingerprint density at radius 2 is 2.07 bits per heavy atom. The van der Waals surface area contributed by atoms with Crippen LogP contribution in [0.25, 0.3) is 0 Å². The van der Waals surface area contributed by atoms with E-state index < -0.39 is 5.54 Å². The van der Waals surface area contributed by atoms with Crippen LogP contribution in [0, 0.1) is 5.92 Å². The van der Waals surface area contributed by atoms with Crippen molar-refractivity contribution in [2.45, 2.75) is 52.1 Å². The van der Waals surface area contributed by atoms with Gasteiger partial charge in [0.05, 0.1) is 31.1 Å². The van der Waals surface area contributed by atoms with Gasteiger partial charge >= 0.3 is 5.97 Å². The third-order valence-electron chi connectivity index (χ3n) is 5.89. The van der Waals surface area contributed by atoms with Gasteiger partial charge in [-0.05, 0) is 52.7 Å². The van der Waals surface area contributed by atoms with Gasteiger partial charge in [-0.3, -0.25) is 19.3 Å². The number of likely N-dealkylation sites (tertiary alicyclic amines) is 1. The number of carbonyl (C=O) groups excluding carboxylic acids is 3. The summed E-state index contributed by atoms with van der Waals surface area (Å²) in [6.45, 7) is 8.98. The maximum Gasteiger partial charge on any atom is 0.314 e. The van der Waals surface area contributed by atoms with Gasteiger partial charge in [0.25, 0.3) is 5.91 Å². The second-order valence-electron chi connectivity index (χ2n) is 8.13. The average molecular weight is 388 g/mol. The number of amides is 2. The van der Waals surface area contributed by atoms with Gasteiger partial charge in [0, 0.05) is 0 Å². The van der Waals surface area contributed by atoms with Gasteiger partial charge in [-0.1, -0.05) is 12.1 Å². The molecule has 2 aliphatic heterocycles. The van der Waals surface area contributed by atoms with E-state index in [1.807, 2.05) is 25.1 Å². The topological polar surface area (TPSA) is 80.2 Å². The van der Waals surface area contributed by atoms with Gasteiger partial charge in [0.2, 0.25) is 5.91 Å². The van der Waals surface area contributed by atoms with Crippen molar-refractivity contribution in [2.24, 2.45) is 5.92 Å². The molecule has 0 aromatic heterocycles. The number of hydrogen-bond donors (Lipinski definition) is 2. The fourth-order valence-corrected chi connectivity index (χ4v) is 4.17.